The number of benzene rings is 2. The van der Waals surface area contributed by atoms with Gasteiger partial charge in [0.2, 0.25) is 5.91 Å². The molecule has 0 N–H and O–H groups in total. The Morgan fingerprint density at radius 1 is 0.900 bits per heavy atom. The number of carbonyl (C=O) groups is 2. The lowest BCUT2D eigenvalue weighted by molar-refractivity contribution is -0.137. The van der Waals surface area contributed by atoms with Crippen molar-refractivity contribution in [1.82, 2.24) is 14.7 Å². The Bertz CT molecular complexity index is 861. The number of likely N-dealkylation sites (tertiary alicyclic amines) is 1. The van der Waals surface area contributed by atoms with Gasteiger partial charge in [-0.2, -0.15) is 0 Å². The molecule has 30 heavy (non-hydrogen) atoms. The highest BCUT2D eigenvalue weighted by Crippen LogP contribution is 2.23. The molecule has 2 amide bonds. The Kier molecular flexibility index (Phi) is 6.33. The van der Waals surface area contributed by atoms with E-state index >= 15 is 0 Å². The number of piperazine rings is 1. The molecule has 6 nitrogen and oxygen atoms in total. The Labute approximate surface area is 178 Å². The lowest BCUT2D eigenvalue weighted by Crippen LogP contribution is -2.54. The van der Waals surface area contributed by atoms with Gasteiger partial charge in [-0.05, 0) is 49.2 Å². The van der Waals surface area contributed by atoms with Crippen LogP contribution in [-0.4, -0.2) is 72.4 Å². The molecule has 158 valence electrons. The summed E-state index contributed by atoms with van der Waals surface area (Å²) in [6.45, 7) is 4.10. The van der Waals surface area contributed by atoms with Crippen LogP contribution in [0.15, 0.2) is 54.6 Å². The number of rotatable bonds is 5. The van der Waals surface area contributed by atoms with Crippen LogP contribution in [0.5, 0.6) is 5.75 Å². The molecule has 2 aliphatic rings. The zero-order valence-electron chi connectivity index (χ0n) is 17.5. The minimum Gasteiger partial charge on any atom is -0.497 e. The van der Waals surface area contributed by atoms with Crippen molar-refractivity contribution in [3.8, 4) is 5.75 Å². The molecule has 0 aliphatic carbocycles. The van der Waals surface area contributed by atoms with E-state index in [1.165, 1.54) is 5.56 Å². The Morgan fingerprint density at radius 3 is 2.23 bits per heavy atom. The smallest absolute Gasteiger partial charge is 0.253 e. The summed E-state index contributed by atoms with van der Waals surface area (Å²) in [5, 5.41) is 0. The van der Waals surface area contributed by atoms with E-state index in [1.54, 1.807) is 31.4 Å². The Morgan fingerprint density at radius 2 is 1.57 bits per heavy atom. The monoisotopic (exact) mass is 407 g/mol. The molecule has 0 radical (unpaired) electrons. The summed E-state index contributed by atoms with van der Waals surface area (Å²) >= 11 is 0. The zero-order chi connectivity index (χ0) is 20.9. The second kappa shape index (κ2) is 9.30. The molecule has 2 aliphatic heterocycles. The van der Waals surface area contributed by atoms with Crippen molar-refractivity contribution in [3.63, 3.8) is 0 Å². The molecule has 4 rings (SSSR count). The van der Waals surface area contributed by atoms with E-state index in [4.69, 9.17) is 4.74 Å². The first-order valence-corrected chi connectivity index (χ1v) is 10.7. The highest BCUT2D eigenvalue weighted by molar-refractivity contribution is 5.94. The van der Waals surface area contributed by atoms with Crippen LogP contribution in [-0.2, 0) is 11.3 Å². The maximum atomic E-state index is 13.2. The van der Waals surface area contributed by atoms with E-state index < -0.39 is 0 Å². The van der Waals surface area contributed by atoms with Crippen LogP contribution in [0.4, 0.5) is 0 Å². The van der Waals surface area contributed by atoms with Gasteiger partial charge in [-0.15, -0.1) is 0 Å². The molecule has 2 aromatic rings. The highest BCUT2D eigenvalue weighted by atomic mass is 16.5. The van der Waals surface area contributed by atoms with Crippen molar-refractivity contribution < 1.29 is 14.3 Å². The molecule has 0 saturated carbocycles. The van der Waals surface area contributed by atoms with E-state index in [0.29, 0.717) is 31.7 Å². The summed E-state index contributed by atoms with van der Waals surface area (Å²) in [6, 6.07) is 17.5. The van der Waals surface area contributed by atoms with E-state index in [-0.39, 0.29) is 17.9 Å². The van der Waals surface area contributed by atoms with Crippen LogP contribution >= 0.6 is 0 Å². The van der Waals surface area contributed by atoms with E-state index in [1.807, 2.05) is 28.0 Å². The zero-order valence-corrected chi connectivity index (χ0v) is 17.5. The van der Waals surface area contributed by atoms with Crippen molar-refractivity contribution in [2.24, 2.45) is 0 Å². The molecule has 2 heterocycles. The van der Waals surface area contributed by atoms with Crippen molar-refractivity contribution in [2.75, 3.05) is 39.8 Å². The summed E-state index contributed by atoms with van der Waals surface area (Å²) in [6.07, 6.45) is 1.97. The highest BCUT2D eigenvalue weighted by Gasteiger charge is 2.35. The van der Waals surface area contributed by atoms with Gasteiger partial charge >= 0.3 is 0 Å². The number of ether oxygens (including phenoxy) is 1. The molecular weight excluding hydrogens is 378 g/mol. The second-order valence-electron chi connectivity index (χ2n) is 7.96. The van der Waals surface area contributed by atoms with Gasteiger partial charge < -0.3 is 14.5 Å². The maximum absolute atomic E-state index is 13.2. The molecule has 2 saturated heterocycles. The number of amides is 2. The summed E-state index contributed by atoms with van der Waals surface area (Å²) in [5.41, 5.74) is 1.90. The Hall–Kier alpha value is -2.86. The molecule has 0 aromatic heterocycles. The minimum absolute atomic E-state index is 0.0105. The normalized spacial score (nSPS) is 19.7. The average Bonchev–Trinajstić information content (AvgIpc) is 3.27. The predicted molar refractivity (Wildman–Crippen MR) is 115 cm³/mol. The number of hydrogen-bond donors (Lipinski definition) is 0. The summed E-state index contributed by atoms with van der Waals surface area (Å²) < 4.78 is 5.16. The molecule has 6 heteroatoms. The lowest BCUT2D eigenvalue weighted by Gasteiger charge is -2.37. The van der Waals surface area contributed by atoms with Crippen molar-refractivity contribution in [2.45, 2.75) is 25.4 Å². The third-order valence-corrected chi connectivity index (χ3v) is 6.09. The number of carbonyl (C=O) groups excluding carboxylic acids is 2. The standard InChI is InChI=1S/C24H29N3O3/c1-30-21-11-9-20(10-12-21)23(28)25-14-16-26(17-15-25)24(29)22-8-5-13-27(22)18-19-6-3-2-4-7-19/h2-4,6-7,9-12,22H,5,8,13-18H2,1H3. The Balaban J connectivity index is 1.32. The van der Waals surface area contributed by atoms with Gasteiger partial charge in [0.05, 0.1) is 13.2 Å². The fraction of sp³-hybridized carbons (Fsp3) is 0.417. The molecular formula is C24H29N3O3. The summed E-state index contributed by atoms with van der Waals surface area (Å²) in [7, 11) is 1.61. The first-order valence-electron chi connectivity index (χ1n) is 10.7. The van der Waals surface area contributed by atoms with Gasteiger partial charge in [0.25, 0.3) is 5.91 Å². The molecule has 0 spiro atoms. The predicted octanol–water partition coefficient (Wildman–Crippen LogP) is 2.64. The third-order valence-electron chi connectivity index (χ3n) is 6.09. The van der Waals surface area contributed by atoms with Crippen LogP contribution in [0.2, 0.25) is 0 Å². The number of nitrogens with zero attached hydrogens (tertiary/aromatic N) is 3. The van der Waals surface area contributed by atoms with Gasteiger partial charge in [0.15, 0.2) is 0 Å². The lowest BCUT2D eigenvalue weighted by atomic mass is 10.1. The van der Waals surface area contributed by atoms with Crippen molar-refractivity contribution >= 4 is 11.8 Å². The molecule has 2 fully saturated rings. The van der Waals surface area contributed by atoms with Crippen LogP contribution < -0.4 is 4.74 Å². The SMILES string of the molecule is COc1ccc(C(=O)N2CCN(C(=O)C3CCCN3Cc3ccccc3)CC2)cc1. The van der Waals surface area contributed by atoms with Crippen LogP contribution in [0, 0.1) is 0 Å². The first-order chi connectivity index (χ1) is 14.7. The molecule has 0 bridgehead atoms. The van der Waals surface area contributed by atoms with Gasteiger partial charge in [-0.25, -0.2) is 0 Å². The molecule has 2 aromatic carbocycles. The quantitative estimate of drug-likeness (QED) is 0.765. The second-order valence-corrected chi connectivity index (χ2v) is 7.96. The van der Waals surface area contributed by atoms with Crippen LogP contribution in [0.3, 0.4) is 0 Å². The van der Waals surface area contributed by atoms with Crippen LogP contribution in [0.1, 0.15) is 28.8 Å². The molecule has 1 unspecified atom stereocenters. The summed E-state index contributed by atoms with van der Waals surface area (Å²) in [5.74, 6) is 0.954. The van der Waals surface area contributed by atoms with Gasteiger partial charge in [0, 0.05) is 38.3 Å². The number of methoxy groups -OCH3 is 1. The number of hydrogen-bond acceptors (Lipinski definition) is 4. The van der Waals surface area contributed by atoms with Gasteiger partial charge in [0.1, 0.15) is 5.75 Å². The largest absolute Gasteiger partial charge is 0.497 e. The maximum Gasteiger partial charge on any atom is 0.253 e. The van der Waals surface area contributed by atoms with Crippen molar-refractivity contribution in [3.05, 3.63) is 65.7 Å². The average molecular weight is 408 g/mol. The topological polar surface area (TPSA) is 53.1 Å². The van der Waals surface area contributed by atoms with E-state index in [9.17, 15) is 9.59 Å². The third kappa shape index (κ3) is 4.49. The minimum atomic E-state index is -0.0472. The van der Waals surface area contributed by atoms with Crippen molar-refractivity contribution in [1.29, 1.82) is 0 Å². The van der Waals surface area contributed by atoms with Crippen LogP contribution in [0.25, 0.3) is 0 Å². The van der Waals surface area contributed by atoms with Gasteiger partial charge in [-0.3, -0.25) is 14.5 Å². The first kappa shape index (κ1) is 20.4. The van der Waals surface area contributed by atoms with E-state index in [2.05, 4.69) is 17.0 Å². The van der Waals surface area contributed by atoms with E-state index in [0.717, 1.165) is 31.7 Å². The van der Waals surface area contributed by atoms with Gasteiger partial charge in [-0.1, -0.05) is 30.3 Å². The summed E-state index contributed by atoms with van der Waals surface area (Å²) in [4.78, 5) is 32.0. The molecule has 1 atom stereocenters. The fourth-order valence-electron chi connectivity index (χ4n) is 4.37. The fourth-order valence-corrected chi connectivity index (χ4v) is 4.37.